The van der Waals surface area contributed by atoms with Gasteiger partial charge in [0.05, 0.1) is 11.8 Å². The van der Waals surface area contributed by atoms with Gasteiger partial charge in [0.2, 0.25) is 0 Å². The number of nitrogens with one attached hydrogen (secondary N) is 1. The van der Waals surface area contributed by atoms with Gasteiger partial charge >= 0.3 is 0 Å². The molecule has 0 bridgehead atoms. The molecule has 0 saturated carbocycles. The third-order valence-corrected chi connectivity index (χ3v) is 2.90. The van der Waals surface area contributed by atoms with Crippen molar-refractivity contribution in [3.63, 3.8) is 0 Å². The lowest BCUT2D eigenvalue weighted by Crippen LogP contribution is -2.24. The Balaban J connectivity index is 2.44. The minimum Gasteiger partial charge on any atom is -0.352 e. The van der Waals surface area contributed by atoms with Gasteiger partial charge in [-0.15, -0.1) is 6.58 Å². The lowest BCUT2D eigenvalue weighted by Gasteiger charge is -2.05. The third kappa shape index (κ3) is 4.02. The maximum Gasteiger partial charge on any atom is 0.254 e. The first kappa shape index (κ1) is 14.5. The van der Waals surface area contributed by atoms with E-state index in [0.717, 1.165) is 37.9 Å². The quantitative estimate of drug-likeness (QED) is 0.569. The Bertz CT molecular complexity index is 396. The summed E-state index contributed by atoms with van der Waals surface area (Å²) in [6, 6.07) is 0. The van der Waals surface area contributed by atoms with Gasteiger partial charge in [-0.25, -0.2) is 0 Å². The summed E-state index contributed by atoms with van der Waals surface area (Å²) in [5, 5.41) is 7.15. The van der Waals surface area contributed by atoms with E-state index in [1.807, 2.05) is 17.7 Å². The molecule has 0 aliphatic carbocycles. The van der Waals surface area contributed by atoms with Crippen LogP contribution in [-0.4, -0.2) is 22.2 Å². The van der Waals surface area contributed by atoms with Crippen LogP contribution in [0, 0.1) is 6.92 Å². The second-order valence-electron chi connectivity index (χ2n) is 4.41. The first-order chi connectivity index (χ1) is 8.70. The van der Waals surface area contributed by atoms with Gasteiger partial charge in [-0.3, -0.25) is 9.48 Å². The van der Waals surface area contributed by atoms with Crippen LogP contribution in [-0.2, 0) is 6.54 Å². The van der Waals surface area contributed by atoms with Crippen LogP contribution >= 0.6 is 0 Å². The fourth-order valence-electron chi connectivity index (χ4n) is 1.82. The van der Waals surface area contributed by atoms with Crippen molar-refractivity contribution in [3.8, 4) is 0 Å². The van der Waals surface area contributed by atoms with Gasteiger partial charge in [-0.2, -0.15) is 5.10 Å². The first-order valence-corrected chi connectivity index (χ1v) is 6.62. The molecule has 1 rings (SSSR count). The van der Waals surface area contributed by atoms with Gasteiger partial charge in [0.1, 0.15) is 0 Å². The van der Waals surface area contributed by atoms with Crippen LogP contribution in [0.5, 0.6) is 0 Å². The van der Waals surface area contributed by atoms with Gasteiger partial charge < -0.3 is 5.32 Å². The normalized spacial score (nSPS) is 10.3. The topological polar surface area (TPSA) is 46.9 Å². The molecule has 1 N–H and O–H groups in total. The molecule has 0 fully saturated rings. The highest BCUT2D eigenvalue weighted by Crippen LogP contribution is 2.07. The summed E-state index contributed by atoms with van der Waals surface area (Å²) < 4.78 is 1.88. The summed E-state index contributed by atoms with van der Waals surface area (Å²) in [5.41, 5.74) is 1.63. The van der Waals surface area contributed by atoms with Gasteiger partial charge in [0, 0.05) is 18.8 Å². The molecule has 0 atom stereocenters. The van der Waals surface area contributed by atoms with Crippen LogP contribution in [0.1, 0.15) is 48.7 Å². The largest absolute Gasteiger partial charge is 0.352 e. The highest BCUT2D eigenvalue weighted by molar-refractivity contribution is 5.94. The minimum atomic E-state index is -0.0199. The van der Waals surface area contributed by atoms with Crippen molar-refractivity contribution in [1.29, 1.82) is 0 Å². The first-order valence-electron chi connectivity index (χ1n) is 6.62. The molecule has 0 radical (unpaired) electrons. The van der Waals surface area contributed by atoms with E-state index in [1.165, 1.54) is 0 Å². The molecule has 0 unspecified atom stereocenters. The Morgan fingerprint density at radius 3 is 3.00 bits per heavy atom. The number of amides is 1. The van der Waals surface area contributed by atoms with E-state index in [9.17, 15) is 4.79 Å². The smallest absolute Gasteiger partial charge is 0.254 e. The Hall–Kier alpha value is -1.58. The molecule has 0 spiro atoms. The van der Waals surface area contributed by atoms with Crippen molar-refractivity contribution in [2.45, 2.75) is 46.1 Å². The zero-order valence-electron chi connectivity index (χ0n) is 11.4. The number of unbranched alkanes of at least 4 members (excludes halogenated alkanes) is 2. The number of hydrogen-bond acceptors (Lipinski definition) is 2. The summed E-state index contributed by atoms with van der Waals surface area (Å²) in [6.07, 6.45) is 7.64. The number of aromatic nitrogens is 2. The van der Waals surface area contributed by atoms with Crippen LogP contribution in [0.4, 0.5) is 0 Å². The Labute approximate surface area is 109 Å². The summed E-state index contributed by atoms with van der Waals surface area (Å²) in [6.45, 7) is 9.28. The standard InChI is InChI=1S/C14H23N3O/c1-4-6-7-8-9-15-14(18)13-11-16-17(10-5-2)12(13)3/h4,11H,1,5-10H2,2-3H3,(H,15,18). The van der Waals surface area contributed by atoms with Crippen molar-refractivity contribution >= 4 is 5.91 Å². The van der Waals surface area contributed by atoms with Crippen LogP contribution in [0.15, 0.2) is 18.9 Å². The highest BCUT2D eigenvalue weighted by atomic mass is 16.1. The van der Waals surface area contributed by atoms with Crippen molar-refractivity contribution in [2.24, 2.45) is 0 Å². The number of hydrogen-bond donors (Lipinski definition) is 1. The minimum absolute atomic E-state index is 0.0199. The van der Waals surface area contributed by atoms with Crippen molar-refractivity contribution < 1.29 is 4.79 Å². The van der Waals surface area contributed by atoms with Crippen LogP contribution in [0.3, 0.4) is 0 Å². The predicted molar refractivity (Wildman–Crippen MR) is 73.6 cm³/mol. The molecule has 0 saturated heterocycles. The Morgan fingerprint density at radius 1 is 1.56 bits per heavy atom. The number of carbonyl (C=O) groups is 1. The average Bonchev–Trinajstić information content (AvgIpc) is 2.71. The molecule has 18 heavy (non-hydrogen) atoms. The summed E-state index contributed by atoms with van der Waals surface area (Å²) >= 11 is 0. The van der Waals surface area contributed by atoms with E-state index in [2.05, 4.69) is 23.9 Å². The van der Waals surface area contributed by atoms with Gasteiger partial charge in [-0.1, -0.05) is 13.0 Å². The van der Waals surface area contributed by atoms with Gasteiger partial charge in [0.15, 0.2) is 0 Å². The Morgan fingerprint density at radius 2 is 2.33 bits per heavy atom. The summed E-state index contributed by atoms with van der Waals surface area (Å²) in [7, 11) is 0. The van der Waals surface area contributed by atoms with Gasteiger partial charge in [0.25, 0.3) is 5.91 Å². The van der Waals surface area contributed by atoms with E-state index in [1.54, 1.807) is 6.20 Å². The number of allylic oxidation sites excluding steroid dienone is 1. The maximum atomic E-state index is 11.9. The zero-order chi connectivity index (χ0) is 13.4. The van der Waals surface area contributed by atoms with E-state index in [4.69, 9.17) is 0 Å². The average molecular weight is 249 g/mol. The Kier molecular flexibility index (Phi) is 6.19. The second kappa shape index (κ2) is 7.69. The lowest BCUT2D eigenvalue weighted by molar-refractivity contribution is 0.0952. The lowest BCUT2D eigenvalue weighted by atomic mass is 10.2. The van der Waals surface area contributed by atoms with E-state index >= 15 is 0 Å². The molecular formula is C14H23N3O. The molecule has 4 nitrogen and oxygen atoms in total. The predicted octanol–water partition coefficient (Wildman–Crippen LogP) is 2.69. The van der Waals surface area contributed by atoms with Crippen molar-refractivity contribution in [2.75, 3.05) is 6.54 Å². The highest BCUT2D eigenvalue weighted by Gasteiger charge is 2.12. The summed E-state index contributed by atoms with van der Waals surface area (Å²) in [5.74, 6) is -0.0199. The van der Waals surface area contributed by atoms with E-state index in [-0.39, 0.29) is 5.91 Å². The molecule has 0 aliphatic heterocycles. The van der Waals surface area contributed by atoms with Crippen LogP contribution < -0.4 is 5.32 Å². The number of rotatable bonds is 8. The molecule has 4 heteroatoms. The zero-order valence-corrected chi connectivity index (χ0v) is 11.4. The fraction of sp³-hybridized carbons (Fsp3) is 0.571. The van der Waals surface area contributed by atoms with Crippen molar-refractivity contribution in [3.05, 3.63) is 30.1 Å². The van der Waals surface area contributed by atoms with Crippen LogP contribution in [0.2, 0.25) is 0 Å². The van der Waals surface area contributed by atoms with E-state index < -0.39 is 0 Å². The second-order valence-corrected chi connectivity index (χ2v) is 4.41. The molecule has 0 aliphatic rings. The monoisotopic (exact) mass is 249 g/mol. The SMILES string of the molecule is C=CCCCCNC(=O)c1cnn(CCC)c1C. The fourth-order valence-corrected chi connectivity index (χ4v) is 1.82. The molecular weight excluding hydrogens is 226 g/mol. The third-order valence-electron chi connectivity index (χ3n) is 2.90. The van der Waals surface area contributed by atoms with Crippen molar-refractivity contribution in [1.82, 2.24) is 15.1 Å². The van der Waals surface area contributed by atoms with Crippen LogP contribution in [0.25, 0.3) is 0 Å². The molecule has 100 valence electrons. The van der Waals surface area contributed by atoms with Gasteiger partial charge in [-0.05, 0) is 32.6 Å². The molecule has 1 heterocycles. The van der Waals surface area contributed by atoms with E-state index in [0.29, 0.717) is 12.1 Å². The molecule has 1 amide bonds. The number of nitrogens with zero attached hydrogens (tertiary/aromatic N) is 2. The number of carbonyl (C=O) groups excluding carboxylic acids is 1. The molecule has 0 aromatic carbocycles. The molecule has 1 aromatic heterocycles. The maximum absolute atomic E-state index is 11.9. The number of aryl methyl sites for hydroxylation is 1. The summed E-state index contributed by atoms with van der Waals surface area (Å²) in [4.78, 5) is 11.9. The molecule has 1 aromatic rings.